The standard InChI is InChI=1S/C12H15ClN2/c13-9-7-11-1-2-12(8-9)15(11)10-3-5-14-6-4-10/h3-6,9,11-12H,1-2,7-8H2. The summed E-state index contributed by atoms with van der Waals surface area (Å²) in [5, 5.41) is 0.389. The Kier molecular flexibility index (Phi) is 2.32. The summed E-state index contributed by atoms with van der Waals surface area (Å²) in [5.74, 6) is 0. The molecule has 1 aromatic heterocycles. The number of anilines is 1. The molecular formula is C12H15ClN2. The summed E-state index contributed by atoms with van der Waals surface area (Å²) in [6.45, 7) is 0. The van der Waals surface area contributed by atoms with Gasteiger partial charge in [0.05, 0.1) is 0 Å². The first kappa shape index (κ1) is 9.46. The fourth-order valence-electron chi connectivity index (χ4n) is 3.05. The van der Waals surface area contributed by atoms with Crippen LogP contribution in [0.4, 0.5) is 5.69 Å². The minimum Gasteiger partial charge on any atom is -0.365 e. The average Bonchev–Trinajstić information content (AvgIpc) is 2.53. The fourth-order valence-corrected chi connectivity index (χ4v) is 3.46. The first-order chi connectivity index (χ1) is 7.34. The molecule has 0 aliphatic carbocycles. The van der Waals surface area contributed by atoms with Crippen molar-refractivity contribution in [1.82, 2.24) is 4.98 Å². The summed E-state index contributed by atoms with van der Waals surface area (Å²) >= 11 is 6.26. The number of hydrogen-bond donors (Lipinski definition) is 0. The average molecular weight is 223 g/mol. The molecule has 2 bridgehead atoms. The van der Waals surface area contributed by atoms with Crippen LogP contribution in [0.25, 0.3) is 0 Å². The Morgan fingerprint density at radius 2 is 1.73 bits per heavy atom. The van der Waals surface area contributed by atoms with Gasteiger partial charge in [-0.15, -0.1) is 11.6 Å². The lowest BCUT2D eigenvalue weighted by Crippen LogP contribution is -2.43. The van der Waals surface area contributed by atoms with Gasteiger partial charge in [-0.05, 0) is 37.8 Å². The van der Waals surface area contributed by atoms with Crippen LogP contribution in [-0.2, 0) is 0 Å². The first-order valence-electron chi connectivity index (χ1n) is 5.67. The number of pyridine rings is 1. The van der Waals surface area contributed by atoms with Gasteiger partial charge in [0.1, 0.15) is 0 Å². The number of rotatable bonds is 1. The third-order valence-electron chi connectivity index (χ3n) is 3.64. The van der Waals surface area contributed by atoms with E-state index in [1.54, 1.807) is 0 Å². The van der Waals surface area contributed by atoms with E-state index in [9.17, 15) is 0 Å². The molecule has 0 spiro atoms. The molecule has 0 radical (unpaired) electrons. The predicted octanol–water partition coefficient (Wildman–Crippen LogP) is 2.82. The molecule has 2 aliphatic heterocycles. The molecule has 0 amide bonds. The van der Waals surface area contributed by atoms with Gasteiger partial charge in [0.15, 0.2) is 0 Å². The number of alkyl halides is 1. The zero-order chi connectivity index (χ0) is 10.3. The second-order valence-corrected chi connectivity index (χ2v) is 5.18. The molecule has 0 aromatic carbocycles. The second kappa shape index (κ2) is 3.67. The molecular weight excluding hydrogens is 208 g/mol. The number of hydrogen-bond acceptors (Lipinski definition) is 2. The van der Waals surface area contributed by atoms with Gasteiger partial charge in [0, 0.05) is 35.5 Å². The van der Waals surface area contributed by atoms with E-state index in [-0.39, 0.29) is 0 Å². The maximum atomic E-state index is 6.26. The highest BCUT2D eigenvalue weighted by atomic mass is 35.5. The van der Waals surface area contributed by atoms with Crippen LogP contribution in [0, 0.1) is 0 Å². The second-order valence-electron chi connectivity index (χ2n) is 4.57. The van der Waals surface area contributed by atoms with Crippen molar-refractivity contribution in [3.63, 3.8) is 0 Å². The van der Waals surface area contributed by atoms with Crippen molar-refractivity contribution in [2.24, 2.45) is 0 Å². The zero-order valence-corrected chi connectivity index (χ0v) is 9.40. The molecule has 2 unspecified atom stereocenters. The van der Waals surface area contributed by atoms with Crippen molar-refractivity contribution >= 4 is 17.3 Å². The van der Waals surface area contributed by atoms with E-state index >= 15 is 0 Å². The molecule has 80 valence electrons. The summed E-state index contributed by atoms with van der Waals surface area (Å²) in [7, 11) is 0. The summed E-state index contributed by atoms with van der Waals surface area (Å²) in [6, 6.07) is 5.54. The summed E-state index contributed by atoms with van der Waals surface area (Å²) in [4.78, 5) is 6.63. The highest BCUT2D eigenvalue weighted by Gasteiger charge is 2.39. The van der Waals surface area contributed by atoms with Crippen molar-refractivity contribution in [2.75, 3.05) is 4.90 Å². The van der Waals surface area contributed by atoms with Gasteiger partial charge in [-0.3, -0.25) is 4.98 Å². The van der Waals surface area contributed by atoms with Crippen molar-refractivity contribution in [3.05, 3.63) is 24.5 Å². The van der Waals surface area contributed by atoms with Crippen LogP contribution in [-0.4, -0.2) is 22.4 Å². The maximum absolute atomic E-state index is 6.26. The number of nitrogens with zero attached hydrogens (tertiary/aromatic N) is 2. The normalized spacial score (nSPS) is 34.5. The smallest absolute Gasteiger partial charge is 0.0402 e. The summed E-state index contributed by atoms with van der Waals surface area (Å²) in [6.07, 6.45) is 8.64. The van der Waals surface area contributed by atoms with E-state index in [1.807, 2.05) is 12.4 Å². The predicted molar refractivity (Wildman–Crippen MR) is 62.4 cm³/mol. The highest BCUT2D eigenvalue weighted by Crippen LogP contribution is 2.40. The Bertz CT molecular complexity index is 327. The quantitative estimate of drug-likeness (QED) is 0.680. The van der Waals surface area contributed by atoms with Crippen LogP contribution in [0.3, 0.4) is 0 Å². The molecule has 2 nitrogen and oxygen atoms in total. The molecule has 2 saturated heterocycles. The Hall–Kier alpha value is -0.760. The van der Waals surface area contributed by atoms with Crippen LogP contribution in [0.15, 0.2) is 24.5 Å². The molecule has 0 N–H and O–H groups in total. The van der Waals surface area contributed by atoms with Crippen molar-refractivity contribution in [2.45, 2.75) is 43.1 Å². The number of piperidine rings is 1. The van der Waals surface area contributed by atoms with Gasteiger partial charge >= 0.3 is 0 Å². The first-order valence-corrected chi connectivity index (χ1v) is 6.10. The third-order valence-corrected chi connectivity index (χ3v) is 3.99. The Morgan fingerprint density at radius 3 is 2.33 bits per heavy atom. The lowest BCUT2D eigenvalue weighted by Gasteiger charge is -2.38. The summed E-state index contributed by atoms with van der Waals surface area (Å²) in [5.41, 5.74) is 1.32. The van der Waals surface area contributed by atoms with E-state index in [4.69, 9.17) is 11.6 Å². The number of halogens is 1. The SMILES string of the molecule is ClC1CC2CCC(C1)N2c1ccncc1. The molecule has 3 rings (SSSR count). The van der Waals surface area contributed by atoms with Crippen LogP contribution in [0.2, 0.25) is 0 Å². The Morgan fingerprint density at radius 1 is 1.13 bits per heavy atom. The lowest BCUT2D eigenvalue weighted by atomic mass is 10.0. The van der Waals surface area contributed by atoms with Crippen molar-refractivity contribution in [1.29, 1.82) is 0 Å². The molecule has 0 saturated carbocycles. The van der Waals surface area contributed by atoms with E-state index < -0.39 is 0 Å². The highest BCUT2D eigenvalue weighted by molar-refractivity contribution is 6.20. The molecule has 3 heteroatoms. The van der Waals surface area contributed by atoms with E-state index in [0.717, 1.165) is 12.8 Å². The topological polar surface area (TPSA) is 16.1 Å². The van der Waals surface area contributed by atoms with E-state index in [2.05, 4.69) is 22.0 Å². The van der Waals surface area contributed by atoms with Gasteiger partial charge in [0.25, 0.3) is 0 Å². The van der Waals surface area contributed by atoms with E-state index in [0.29, 0.717) is 17.5 Å². The van der Waals surface area contributed by atoms with Crippen LogP contribution in [0.5, 0.6) is 0 Å². The van der Waals surface area contributed by atoms with Gasteiger partial charge in [-0.25, -0.2) is 0 Å². The molecule has 2 atom stereocenters. The van der Waals surface area contributed by atoms with Crippen LogP contribution >= 0.6 is 11.6 Å². The molecule has 2 fully saturated rings. The zero-order valence-electron chi connectivity index (χ0n) is 8.64. The van der Waals surface area contributed by atoms with Crippen LogP contribution in [0.1, 0.15) is 25.7 Å². The minimum absolute atomic E-state index is 0.389. The lowest BCUT2D eigenvalue weighted by molar-refractivity contribution is 0.474. The van der Waals surface area contributed by atoms with E-state index in [1.165, 1.54) is 18.5 Å². The maximum Gasteiger partial charge on any atom is 0.0402 e. The van der Waals surface area contributed by atoms with Crippen molar-refractivity contribution in [3.8, 4) is 0 Å². The Labute approximate surface area is 95.3 Å². The molecule has 15 heavy (non-hydrogen) atoms. The number of fused-ring (bicyclic) bond motifs is 2. The van der Waals surface area contributed by atoms with Gasteiger partial charge in [-0.2, -0.15) is 0 Å². The van der Waals surface area contributed by atoms with Gasteiger partial charge in [-0.1, -0.05) is 0 Å². The van der Waals surface area contributed by atoms with Gasteiger partial charge < -0.3 is 4.90 Å². The Balaban J connectivity index is 1.89. The molecule has 3 heterocycles. The summed E-state index contributed by atoms with van der Waals surface area (Å²) < 4.78 is 0. The van der Waals surface area contributed by atoms with Crippen LogP contribution < -0.4 is 4.90 Å². The monoisotopic (exact) mass is 222 g/mol. The molecule has 1 aromatic rings. The number of aromatic nitrogens is 1. The minimum atomic E-state index is 0.389. The third kappa shape index (κ3) is 1.61. The fraction of sp³-hybridized carbons (Fsp3) is 0.583. The van der Waals surface area contributed by atoms with Crippen molar-refractivity contribution < 1.29 is 0 Å². The molecule has 2 aliphatic rings. The van der Waals surface area contributed by atoms with Gasteiger partial charge in [0.2, 0.25) is 0 Å². The largest absolute Gasteiger partial charge is 0.365 e.